The first-order valence-electron chi connectivity index (χ1n) is 7.57. The van der Waals surface area contributed by atoms with Gasteiger partial charge in [-0.25, -0.2) is 4.99 Å². The van der Waals surface area contributed by atoms with Gasteiger partial charge in [-0.3, -0.25) is 0 Å². The molecule has 4 nitrogen and oxygen atoms in total. The maximum absolute atomic E-state index is 5.90. The molecule has 0 saturated carbocycles. The van der Waals surface area contributed by atoms with E-state index in [9.17, 15) is 0 Å². The number of nitrogens with two attached hydrogens (primary N) is 1. The van der Waals surface area contributed by atoms with E-state index >= 15 is 0 Å². The molecule has 0 bridgehead atoms. The number of benzene rings is 1. The van der Waals surface area contributed by atoms with Crippen LogP contribution in [0.25, 0.3) is 0 Å². The van der Waals surface area contributed by atoms with Crippen LogP contribution in [0.2, 0.25) is 0 Å². The van der Waals surface area contributed by atoms with Gasteiger partial charge in [-0.2, -0.15) is 0 Å². The molecule has 0 aliphatic rings. The number of halogens is 1. The van der Waals surface area contributed by atoms with Gasteiger partial charge in [0.1, 0.15) is 5.75 Å². The quantitative estimate of drug-likeness (QED) is 0.417. The molecule has 1 aromatic carbocycles. The zero-order chi connectivity index (χ0) is 15.9. The molecule has 0 radical (unpaired) electrons. The molecular formula is C17H30IN3O. The van der Waals surface area contributed by atoms with Gasteiger partial charge in [-0.15, -0.1) is 24.0 Å². The number of nitrogens with zero attached hydrogens (tertiary/aromatic N) is 1. The zero-order valence-electron chi connectivity index (χ0n) is 14.3. The predicted molar refractivity (Wildman–Crippen MR) is 105 cm³/mol. The van der Waals surface area contributed by atoms with Crippen LogP contribution >= 0.6 is 24.0 Å². The van der Waals surface area contributed by atoms with Crippen LogP contribution in [-0.2, 0) is 6.54 Å². The van der Waals surface area contributed by atoms with Crippen molar-refractivity contribution in [2.24, 2.45) is 16.6 Å². The fourth-order valence-corrected chi connectivity index (χ4v) is 1.77. The Bertz CT molecular complexity index is 467. The molecule has 0 spiro atoms. The van der Waals surface area contributed by atoms with Gasteiger partial charge in [0.05, 0.1) is 13.2 Å². The summed E-state index contributed by atoms with van der Waals surface area (Å²) in [5.74, 6) is 1.99. The number of hydrogen-bond acceptors (Lipinski definition) is 2. The number of nitrogens with one attached hydrogen (secondary N) is 1. The highest BCUT2D eigenvalue weighted by atomic mass is 127. The van der Waals surface area contributed by atoms with Crippen LogP contribution in [0.3, 0.4) is 0 Å². The number of aliphatic imine (C=N–C) groups is 1. The van der Waals surface area contributed by atoms with Gasteiger partial charge in [0, 0.05) is 11.1 Å². The molecule has 0 saturated heterocycles. The number of para-hydroxylation sites is 1. The monoisotopic (exact) mass is 419 g/mol. The molecule has 126 valence electrons. The van der Waals surface area contributed by atoms with Gasteiger partial charge in [-0.1, -0.05) is 32.0 Å². The lowest BCUT2D eigenvalue weighted by atomic mass is 10.1. The molecule has 0 aliphatic heterocycles. The third-order valence-corrected chi connectivity index (χ3v) is 2.85. The van der Waals surface area contributed by atoms with Gasteiger partial charge >= 0.3 is 0 Å². The van der Waals surface area contributed by atoms with E-state index in [-0.39, 0.29) is 29.5 Å². The van der Waals surface area contributed by atoms with Crippen molar-refractivity contribution in [2.45, 2.75) is 53.1 Å². The first-order valence-corrected chi connectivity index (χ1v) is 7.57. The van der Waals surface area contributed by atoms with Crippen LogP contribution < -0.4 is 15.8 Å². The van der Waals surface area contributed by atoms with E-state index in [1.807, 2.05) is 24.3 Å². The van der Waals surface area contributed by atoms with Crippen molar-refractivity contribution in [3.8, 4) is 5.75 Å². The second kappa shape index (κ2) is 9.92. The Morgan fingerprint density at radius 1 is 1.27 bits per heavy atom. The third kappa shape index (κ3) is 9.12. The summed E-state index contributed by atoms with van der Waals surface area (Å²) in [4.78, 5) is 4.39. The fraction of sp³-hybridized carbons (Fsp3) is 0.588. The van der Waals surface area contributed by atoms with Gasteiger partial charge in [0.15, 0.2) is 5.96 Å². The SMILES string of the molecule is CC(C)CCOc1ccccc1CN=C(N)NC(C)(C)C.I. The average Bonchev–Trinajstić information content (AvgIpc) is 2.35. The van der Waals surface area contributed by atoms with Crippen molar-refractivity contribution in [3.05, 3.63) is 29.8 Å². The minimum absolute atomic E-state index is 0. The summed E-state index contributed by atoms with van der Waals surface area (Å²) >= 11 is 0. The van der Waals surface area contributed by atoms with Gasteiger partial charge in [0.2, 0.25) is 0 Å². The average molecular weight is 419 g/mol. The molecule has 1 aromatic rings. The normalized spacial score (nSPS) is 12.0. The number of ether oxygens (including phenoxy) is 1. The van der Waals surface area contributed by atoms with E-state index in [0.29, 0.717) is 18.4 Å². The maximum atomic E-state index is 5.90. The smallest absolute Gasteiger partial charge is 0.189 e. The standard InChI is InChI=1S/C17H29N3O.HI/c1-13(2)10-11-21-15-9-7-6-8-14(15)12-19-16(18)20-17(3,4)5;/h6-9,13H,10-12H2,1-5H3,(H3,18,19,20);1H. The summed E-state index contributed by atoms with van der Waals surface area (Å²) in [5, 5.41) is 3.15. The molecule has 0 heterocycles. The van der Waals surface area contributed by atoms with Crippen molar-refractivity contribution in [2.75, 3.05) is 6.61 Å². The lowest BCUT2D eigenvalue weighted by Crippen LogP contribution is -2.44. The molecule has 3 N–H and O–H groups in total. The van der Waals surface area contributed by atoms with E-state index in [4.69, 9.17) is 10.5 Å². The second-order valence-electron chi connectivity index (χ2n) is 6.72. The van der Waals surface area contributed by atoms with Crippen LogP contribution in [-0.4, -0.2) is 18.1 Å². The minimum Gasteiger partial charge on any atom is -0.493 e. The Kier molecular flexibility index (Phi) is 9.48. The van der Waals surface area contributed by atoms with Crippen molar-refractivity contribution >= 4 is 29.9 Å². The molecule has 0 fully saturated rings. The Morgan fingerprint density at radius 2 is 1.91 bits per heavy atom. The molecular weight excluding hydrogens is 389 g/mol. The highest BCUT2D eigenvalue weighted by molar-refractivity contribution is 14.0. The van der Waals surface area contributed by atoms with Gasteiger partial charge in [-0.05, 0) is 39.2 Å². The van der Waals surface area contributed by atoms with Crippen LogP contribution in [0.4, 0.5) is 0 Å². The number of rotatable bonds is 6. The molecule has 5 heteroatoms. The van der Waals surface area contributed by atoms with E-state index in [1.54, 1.807) is 0 Å². The Morgan fingerprint density at radius 3 is 2.50 bits per heavy atom. The molecule has 0 amide bonds. The number of hydrogen-bond donors (Lipinski definition) is 2. The van der Waals surface area contributed by atoms with E-state index < -0.39 is 0 Å². The molecule has 0 aromatic heterocycles. The van der Waals surface area contributed by atoms with E-state index in [0.717, 1.165) is 24.3 Å². The van der Waals surface area contributed by atoms with E-state index in [2.05, 4.69) is 44.9 Å². The maximum Gasteiger partial charge on any atom is 0.189 e. The summed E-state index contributed by atoms with van der Waals surface area (Å²) in [6.45, 7) is 11.8. The van der Waals surface area contributed by atoms with Crippen molar-refractivity contribution < 1.29 is 4.74 Å². The molecule has 0 atom stereocenters. The molecule has 22 heavy (non-hydrogen) atoms. The molecule has 0 aliphatic carbocycles. The fourth-order valence-electron chi connectivity index (χ4n) is 1.77. The van der Waals surface area contributed by atoms with Crippen molar-refractivity contribution in [1.82, 2.24) is 5.32 Å². The second-order valence-corrected chi connectivity index (χ2v) is 6.72. The first-order chi connectivity index (χ1) is 9.78. The highest BCUT2D eigenvalue weighted by Gasteiger charge is 2.10. The summed E-state index contributed by atoms with van der Waals surface area (Å²) in [6, 6.07) is 7.99. The summed E-state index contributed by atoms with van der Waals surface area (Å²) in [7, 11) is 0. The highest BCUT2D eigenvalue weighted by Crippen LogP contribution is 2.19. The van der Waals surface area contributed by atoms with Crippen LogP contribution in [0.1, 0.15) is 46.6 Å². The Labute approximate surface area is 151 Å². The topological polar surface area (TPSA) is 59.6 Å². The summed E-state index contributed by atoms with van der Waals surface area (Å²) in [5.41, 5.74) is 6.87. The summed E-state index contributed by atoms with van der Waals surface area (Å²) in [6.07, 6.45) is 1.05. The van der Waals surface area contributed by atoms with Crippen molar-refractivity contribution in [3.63, 3.8) is 0 Å². The van der Waals surface area contributed by atoms with Gasteiger partial charge in [0.25, 0.3) is 0 Å². The van der Waals surface area contributed by atoms with Crippen LogP contribution in [0.5, 0.6) is 5.75 Å². The lowest BCUT2D eigenvalue weighted by Gasteiger charge is -2.21. The van der Waals surface area contributed by atoms with Gasteiger partial charge < -0.3 is 15.8 Å². The van der Waals surface area contributed by atoms with Crippen LogP contribution in [0, 0.1) is 5.92 Å². The first kappa shape index (κ1) is 21.0. The molecule has 1 rings (SSSR count). The number of guanidine groups is 1. The largest absolute Gasteiger partial charge is 0.493 e. The van der Waals surface area contributed by atoms with Crippen LogP contribution in [0.15, 0.2) is 29.3 Å². The molecule has 0 unspecified atom stereocenters. The third-order valence-electron chi connectivity index (χ3n) is 2.85. The Hall–Kier alpha value is -0.980. The Balaban J connectivity index is 0.00000441. The van der Waals surface area contributed by atoms with E-state index in [1.165, 1.54) is 0 Å². The van der Waals surface area contributed by atoms with Crippen molar-refractivity contribution in [1.29, 1.82) is 0 Å². The minimum atomic E-state index is -0.0825. The lowest BCUT2D eigenvalue weighted by molar-refractivity contribution is 0.287. The summed E-state index contributed by atoms with van der Waals surface area (Å²) < 4.78 is 5.85. The zero-order valence-corrected chi connectivity index (χ0v) is 16.7. The predicted octanol–water partition coefficient (Wildman–Crippen LogP) is 3.93.